The van der Waals surface area contributed by atoms with Crippen LogP contribution in [0.25, 0.3) is 0 Å². The van der Waals surface area contributed by atoms with Gasteiger partial charge in [0.05, 0.1) is 0 Å². The Labute approximate surface area is 91.1 Å². The molecule has 1 rings (SSSR count). The summed E-state index contributed by atoms with van der Waals surface area (Å²) in [4.78, 5) is 0. The van der Waals surface area contributed by atoms with Gasteiger partial charge in [-0.3, -0.25) is 0 Å². The highest BCUT2D eigenvalue weighted by Gasteiger charge is 2.02. The first-order chi connectivity index (χ1) is 6.58. The van der Waals surface area contributed by atoms with Gasteiger partial charge in [0.1, 0.15) is 0 Å². The van der Waals surface area contributed by atoms with E-state index in [9.17, 15) is 0 Å². The van der Waals surface area contributed by atoms with E-state index in [1.165, 1.54) is 5.56 Å². The van der Waals surface area contributed by atoms with Crippen molar-refractivity contribution in [1.29, 1.82) is 0 Å². The van der Waals surface area contributed by atoms with Crippen molar-refractivity contribution < 1.29 is 0 Å². The van der Waals surface area contributed by atoms with Crippen LogP contribution in [-0.4, -0.2) is 0 Å². The molecule has 0 saturated heterocycles. The minimum atomic E-state index is 0.115. The lowest BCUT2D eigenvalue weighted by Crippen LogP contribution is -1.98. The fourth-order valence-electron chi connectivity index (χ4n) is 0.883. The quantitative estimate of drug-likeness (QED) is 0.658. The molecule has 0 aliphatic rings. The number of hydrogen-bond donors (Lipinski definition) is 0. The maximum absolute atomic E-state index is 3.21. The molecule has 0 unspecified atom stereocenters. The molecule has 0 spiro atoms. The van der Waals surface area contributed by atoms with Gasteiger partial charge in [0, 0.05) is 11.2 Å². The molecule has 1 aromatic rings. The molecule has 74 valence electrons. The third kappa shape index (κ3) is 4.99. The molecule has 0 amide bonds. The van der Waals surface area contributed by atoms with Crippen molar-refractivity contribution in [2.24, 2.45) is 5.41 Å². The van der Waals surface area contributed by atoms with Gasteiger partial charge in [-0.05, 0) is 31.6 Å². The molecule has 0 aliphatic carbocycles. The molecule has 1 aromatic carbocycles. The van der Waals surface area contributed by atoms with Crippen molar-refractivity contribution >= 4 is 11.8 Å². The fourth-order valence-corrected chi connectivity index (χ4v) is 1.69. The summed E-state index contributed by atoms with van der Waals surface area (Å²) in [6.07, 6.45) is 0. The predicted octanol–water partition coefficient (Wildman–Crippen LogP) is 3.93. The van der Waals surface area contributed by atoms with E-state index >= 15 is 0 Å². The SMILES string of the molecule is CC(C)(C)C#CSCc1ccccc1. The Morgan fingerprint density at radius 2 is 1.79 bits per heavy atom. The molecule has 0 aliphatic heterocycles. The van der Waals surface area contributed by atoms with Gasteiger partial charge in [0.2, 0.25) is 0 Å². The monoisotopic (exact) mass is 204 g/mol. The van der Waals surface area contributed by atoms with Gasteiger partial charge in [-0.2, -0.15) is 0 Å². The zero-order valence-electron chi connectivity index (χ0n) is 9.00. The Hall–Kier alpha value is -0.870. The van der Waals surface area contributed by atoms with E-state index < -0.39 is 0 Å². The van der Waals surface area contributed by atoms with Gasteiger partial charge >= 0.3 is 0 Å². The van der Waals surface area contributed by atoms with E-state index in [2.05, 4.69) is 56.2 Å². The Kier molecular flexibility index (Phi) is 4.10. The third-order valence-electron chi connectivity index (χ3n) is 1.58. The second-order valence-corrected chi connectivity index (χ2v) is 5.03. The molecule has 0 atom stereocenters. The van der Waals surface area contributed by atoms with E-state index in [0.717, 1.165) is 5.75 Å². The zero-order valence-corrected chi connectivity index (χ0v) is 9.82. The third-order valence-corrected chi connectivity index (χ3v) is 2.30. The van der Waals surface area contributed by atoms with Gasteiger partial charge in [0.25, 0.3) is 0 Å². The predicted molar refractivity (Wildman–Crippen MR) is 65.0 cm³/mol. The Balaban J connectivity index is 2.39. The van der Waals surface area contributed by atoms with Crippen LogP contribution in [0.3, 0.4) is 0 Å². The number of thioether (sulfide) groups is 1. The topological polar surface area (TPSA) is 0 Å². The summed E-state index contributed by atoms with van der Waals surface area (Å²) in [6, 6.07) is 10.4. The summed E-state index contributed by atoms with van der Waals surface area (Å²) in [5.41, 5.74) is 1.45. The smallest absolute Gasteiger partial charge is 0.0308 e. The van der Waals surface area contributed by atoms with E-state index in [1.807, 2.05) is 6.07 Å². The van der Waals surface area contributed by atoms with Crippen molar-refractivity contribution in [2.75, 3.05) is 0 Å². The molecule has 0 heterocycles. The standard InChI is InChI=1S/C13H16S/c1-13(2,3)9-10-14-11-12-7-5-4-6-8-12/h4-8H,11H2,1-3H3. The number of benzene rings is 1. The normalized spacial score (nSPS) is 10.5. The molecule has 14 heavy (non-hydrogen) atoms. The van der Waals surface area contributed by atoms with Gasteiger partial charge in [0.15, 0.2) is 0 Å². The minimum Gasteiger partial charge on any atom is -0.0853 e. The molecule has 1 heteroatoms. The first-order valence-electron chi connectivity index (χ1n) is 4.76. The zero-order chi connectivity index (χ0) is 10.4. The molecule has 0 fully saturated rings. The van der Waals surface area contributed by atoms with E-state index in [4.69, 9.17) is 0 Å². The maximum Gasteiger partial charge on any atom is 0.0308 e. The average Bonchev–Trinajstić information content (AvgIpc) is 2.13. The highest BCUT2D eigenvalue weighted by atomic mass is 32.2. The van der Waals surface area contributed by atoms with Crippen molar-refractivity contribution in [3.63, 3.8) is 0 Å². The molecule has 0 N–H and O–H groups in total. The van der Waals surface area contributed by atoms with Gasteiger partial charge in [-0.25, -0.2) is 0 Å². The van der Waals surface area contributed by atoms with Crippen molar-refractivity contribution in [3.05, 3.63) is 35.9 Å². The Morgan fingerprint density at radius 3 is 2.36 bits per heavy atom. The van der Waals surface area contributed by atoms with Crippen LogP contribution in [0.5, 0.6) is 0 Å². The second kappa shape index (κ2) is 5.12. The van der Waals surface area contributed by atoms with Crippen LogP contribution in [0.15, 0.2) is 30.3 Å². The highest BCUT2D eigenvalue weighted by Crippen LogP contribution is 2.14. The molecule has 0 nitrogen and oxygen atoms in total. The van der Waals surface area contributed by atoms with Crippen LogP contribution >= 0.6 is 11.8 Å². The minimum absolute atomic E-state index is 0.115. The van der Waals surface area contributed by atoms with E-state index in [0.29, 0.717) is 0 Å². The fraction of sp³-hybridized carbons (Fsp3) is 0.385. The van der Waals surface area contributed by atoms with Crippen LogP contribution < -0.4 is 0 Å². The second-order valence-electron chi connectivity index (χ2n) is 4.25. The lowest BCUT2D eigenvalue weighted by Gasteiger charge is -2.06. The Morgan fingerprint density at radius 1 is 1.14 bits per heavy atom. The summed E-state index contributed by atoms with van der Waals surface area (Å²) >= 11 is 1.67. The molecule has 0 radical (unpaired) electrons. The van der Waals surface area contributed by atoms with Crippen molar-refractivity contribution in [2.45, 2.75) is 26.5 Å². The lowest BCUT2D eigenvalue weighted by molar-refractivity contribution is 0.571. The van der Waals surface area contributed by atoms with E-state index in [-0.39, 0.29) is 5.41 Å². The van der Waals surface area contributed by atoms with Crippen molar-refractivity contribution in [1.82, 2.24) is 0 Å². The van der Waals surface area contributed by atoms with Crippen LogP contribution in [0, 0.1) is 16.6 Å². The van der Waals surface area contributed by atoms with Gasteiger partial charge in [-0.15, -0.1) is 0 Å². The maximum atomic E-state index is 3.21. The Bertz CT molecular complexity index is 322. The molecule has 0 bridgehead atoms. The first-order valence-corrected chi connectivity index (χ1v) is 5.74. The van der Waals surface area contributed by atoms with Gasteiger partial charge in [-0.1, -0.05) is 48.0 Å². The van der Waals surface area contributed by atoms with Crippen molar-refractivity contribution in [3.8, 4) is 11.2 Å². The number of hydrogen-bond acceptors (Lipinski definition) is 1. The summed E-state index contributed by atoms with van der Waals surface area (Å²) in [7, 11) is 0. The van der Waals surface area contributed by atoms with Crippen LogP contribution in [0.2, 0.25) is 0 Å². The lowest BCUT2D eigenvalue weighted by atomic mass is 9.99. The number of rotatable bonds is 2. The summed E-state index contributed by atoms with van der Waals surface area (Å²) in [5, 5.41) is 3.14. The highest BCUT2D eigenvalue weighted by molar-refractivity contribution is 8.03. The first kappa shape index (κ1) is 11.2. The molecule has 0 saturated carbocycles. The summed E-state index contributed by atoms with van der Waals surface area (Å²) in [6.45, 7) is 6.38. The largest absolute Gasteiger partial charge is 0.0853 e. The van der Waals surface area contributed by atoms with Crippen LogP contribution in [0.1, 0.15) is 26.3 Å². The summed E-state index contributed by atoms with van der Waals surface area (Å²) in [5.74, 6) is 4.18. The molecule has 0 aromatic heterocycles. The molecular formula is C13H16S. The van der Waals surface area contributed by atoms with Crippen LogP contribution in [-0.2, 0) is 5.75 Å². The van der Waals surface area contributed by atoms with Crippen LogP contribution in [0.4, 0.5) is 0 Å². The van der Waals surface area contributed by atoms with E-state index in [1.54, 1.807) is 11.8 Å². The summed E-state index contributed by atoms with van der Waals surface area (Å²) < 4.78 is 0. The van der Waals surface area contributed by atoms with Gasteiger partial charge < -0.3 is 0 Å². The molecular weight excluding hydrogens is 188 g/mol. The average molecular weight is 204 g/mol.